The Morgan fingerprint density at radius 3 is 2.58 bits per heavy atom. The molecule has 0 aliphatic carbocycles. The summed E-state index contributed by atoms with van der Waals surface area (Å²) in [6.45, 7) is 0.455. The van der Waals surface area contributed by atoms with E-state index in [1.54, 1.807) is 0 Å². The SMILES string of the molecule is O=C(CCC(=O)N1CCC(c2ccccc2)=N1)NCC#Cc1cccc(C(F)(F)F)c1. The maximum absolute atomic E-state index is 12.7. The van der Waals surface area contributed by atoms with Crippen LogP contribution in [0.2, 0.25) is 0 Å². The molecule has 1 N–H and O–H groups in total. The van der Waals surface area contributed by atoms with Crippen LogP contribution in [0.3, 0.4) is 0 Å². The Kier molecular flexibility index (Phi) is 7.08. The van der Waals surface area contributed by atoms with Gasteiger partial charge in [0.05, 0.1) is 24.4 Å². The molecule has 3 rings (SSSR count). The van der Waals surface area contributed by atoms with Gasteiger partial charge in [-0.2, -0.15) is 18.3 Å². The van der Waals surface area contributed by atoms with Gasteiger partial charge < -0.3 is 5.32 Å². The summed E-state index contributed by atoms with van der Waals surface area (Å²) in [5, 5.41) is 8.25. The monoisotopic (exact) mass is 427 g/mol. The molecule has 0 atom stereocenters. The lowest BCUT2D eigenvalue weighted by Gasteiger charge is -2.10. The van der Waals surface area contributed by atoms with Crippen molar-refractivity contribution in [3.05, 3.63) is 71.3 Å². The molecule has 0 bridgehead atoms. The maximum atomic E-state index is 12.7. The molecule has 0 spiro atoms. The van der Waals surface area contributed by atoms with Crippen molar-refractivity contribution in [3.8, 4) is 11.8 Å². The third kappa shape index (κ3) is 6.44. The summed E-state index contributed by atoms with van der Waals surface area (Å²) in [6, 6.07) is 14.2. The average Bonchev–Trinajstić information content (AvgIpc) is 3.26. The quantitative estimate of drug-likeness (QED) is 0.742. The Morgan fingerprint density at radius 2 is 1.84 bits per heavy atom. The van der Waals surface area contributed by atoms with Gasteiger partial charge >= 0.3 is 6.18 Å². The van der Waals surface area contributed by atoms with Gasteiger partial charge in [0.2, 0.25) is 11.8 Å². The van der Waals surface area contributed by atoms with Gasteiger partial charge in [-0.25, -0.2) is 5.01 Å². The number of carbonyl (C=O) groups is 2. The van der Waals surface area contributed by atoms with Gasteiger partial charge in [0.25, 0.3) is 0 Å². The molecule has 160 valence electrons. The minimum Gasteiger partial charge on any atom is -0.345 e. The molecule has 0 saturated carbocycles. The van der Waals surface area contributed by atoms with Crippen molar-refractivity contribution in [2.24, 2.45) is 5.10 Å². The predicted molar refractivity (Wildman–Crippen MR) is 110 cm³/mol. The van der Waals surface area contributed by atoms with Crippen LogP contribution in [0, 0.1) is 11.8 Å². The molecule has 0 radical (unpaired) electrons. The number of nitrogens with one attached hydrogen (secondary N) is 1. The number of nitrogens with zero attached hydrogens (tertiary/aromatic N) is 2. The zero-order valence-electron chi connectivity index (χ0n) is 16.6. The first kappa shape index (κ1) is 22.1. The molecule has 8 heteroatoms. The number of benzene rings is 2. The Balaban J connectivity index is 1.43. The second kappa shape index (κ2) is 9.94. The van der Waals surface area contributed by atoms with E-state index in [1.807, 2.05) is 30.3 Å². The highest BCUT2D eigenvalue weighted by Crippen LogP contribution is 2.29. The Labute approximate surface area is 177 Å². The minimum atomic E-state index is -4.43. The standard InChI is InChI=1S/C23H20F3N3O2/c24-23(25,26)19-10-4-6-17(16-19)7-5-14-27-21(30)11-12-22(31)29-15-13-20(28-29)18-8-2-1-3-9-18/h1-4,6,8-10,16H,11-15H2,(H,27,30). The zero-order chi connectivity index (χ0) is 22.3. The second-order valence-corrected chi connectivity index (χ2v) is 6.84. The fourth-order valence-corrected chi connectivity index (χ4v) is 2.97. The topological polar surface area (TPSA) is 61.8 Å². The molecule has 1 aliphatic rings. The van der Waals surface area contributed by atoms with Crippen LogP contribution in [0.5, 0.6) is 0 Å². The highest BCUT2D eigenvalue weighted by Gasteiger charge is 2.30. The number of carbonyl (C=O) groups excluding carboxylic acids is 2. The molecule has 2 aromatic carbocycles. The summed E-state index contributed by atoms with van der Waals surface area (Å²) in [4.78, 5) is 24.2. The molecule has 1 heterocycles. The molecule has 0 aromatic heterocycles. The zero-order valence-corrected chi connectivity index (χ0v) is 16.6. The Bertz CT molecular complexity index is 1040. The minimum absolute atomic E-state index is 0.0124. The van der Waals surface area contributed by atoms with E-state index in [0.29, 0.717) is 13.0 Å². The summed E-state index contributed by atoms with van der Waals surface area (Å²) in [5.74, 6) is 4.59. The number of amides is 2. The lowest BCUT2D eigenvalue weighted by atomic mass is 10.1. The molecule has 1 aliphatic heterocycles. The summed E-state index contributed by atoms with van der Waals surface area (Å²) < 4.78 is 38.1. The molecule has 0 saturated heterocycles. The fraction of sp³-hybridized carbons (Fsp3) is 0.261. The third-order valence-corrected chi connectivity index (χ3v) is 4.56. The van der Waals surface area contributed by atoms with Crippen LogP contribution in [0.25, 0.3) is 0 Å². The number of rotatable bonds is 5. The first-order valence-corrected chi connectivity index (χ1v) is 9.69. The van der Waals surface area contributed by atoms with Crippen molar-refractivity contribution < 1.29 is 22.8 Å². The number of hydrogen-bond acceptors (Lipinski definition) is 3. The van der Waals surface area contributed by atoms with E-state index in [4.69, 9.17) is 0 Å². The average molecular weight is 427 g/mol. The summed E-state index contributed by atoms with van der Waals surface area (Å²) >= 11 is 0. The number of hydrogen-bond donors (Lipinski definition) is 1. The molecule has 31 heavy (non-hydrogen) atoms. The molecule has 0 fully saturated rings. The van der Waals surface area contributed by atoms with Crippen LogP contribution in [0.15, 0.2) is 59.7 Å². The van der Waals surface area contributed by atoms with Gasteiger partial charge in [0, 0.05) is 24.8 Å². The molecular formula is C23H20F3N3O2. The fourth-order valence-electron chi connectivity index (χ4n) is 2.97. The van der Waals surface area contributed by atoms with Crippen LogP contribution in [-0.2, 0) is 15.8 Å². The second-order valence-electron chi connectivity index (χ2n) is 6.84. The molecule has 5 nitrogen and oxygen atoms in total. The Morgan fingerprint density at radius 1 is 1.06 bits per heavy atom. The van der Waals surface area contributed by atoms with Gasteiger partial charge in [0.1, 0.15) is 0 Å². The lowest BCUT2D eigenvalue weighted by molar-refractivity contribution is -0.137. The Hall–Kier alpha value is -3.60. The third-order valence-electron chi connectivity index (χ3n) is 4.56. The van der Waals surface area contributed by atoms with Crippen molar-refractivity contribution in [1.29, 1.82) is 0 Å². The van der Waals surface area contributed by atoms with Crippen molar-refractivity contribution in [3.63, 3.8) is 0 Å². The van der Waals surface area contributed by atoms with Gasteiger partial charge in [0.15, 0.2) is 0 Å². The van der Waals surface area contributed by atoms with Crippen LogP contribution in [-0.4, -0.2) is 35.6 Å². The molecule has 2 aromatic rings. The summed E-state index contributed by atoms with van der Waals surface area (Å²) in [7, 11) is 0. The largest absolute Gasteiger partial charge is 0.416 e. The van der Waals surface area contributed by atoms with E-state index in [9.17, 15) is 22.8 Å². The van der Waals surface area contributed by atoms with Crippen molar-refractivity contribution in [2.75, 3.05) is 13.1 Å². The highest BCUT2D eigenvalue weighted by molar-refractivity contribution is 6.02. The van der Waals surface area contributed by atoms with Crippen molar-refractivity contribution in [2.45, 2.75) is 25.4 Å². The molecular weight excluding hydrogens is 407 g/mol. The number of alkyl halides is 3. The van der Waals surface area contributed by atoms with Gasteiger partial charge in [-0.15, -0.1) is 0 Å². The van der Waals surface area contributed by atoms with E-state index in [1.165, 1.54) is 17.1 Å². The van der Waals surface area contributed by atoms with Gasteiger partial charge in [-0.05, 0) is 23.8 Å². The highest BCUT2D eigenvalue weighted by atomic mass is 19.4. The molecule has 0 unspecified atom stereocenters. The van der Waals surface area contributed by atoms with Crippen LogP contribution < -0.4 is 5.32 Å². The van der Waals surface area contributed by atoms with Crippen LogP contribution in [0.1, 0.15) is 36.0 Å². The lowest BCUT2D eigenvalue weighted by Crippen LogP contribution is -2.28. The first-order valence-electron chi connectivity index (χ1n) is 9.69. The van der Waals surface area contributed by atoms with Crippen molar-refractivity contribution in [1.82, 2.24) is 10.3 Å². The summed E-state index contributed by atoms with van der Waals surface area (Å²) in [5.41, 5.74) is 1.24. The van der Waals surface area contributed by atoms with Gasteiger partial charge in [-0.1, -0.05) is 48.2 Å². The van der Waals surface area contributed by atoms with Gasteiger partial charge in [-0.3, -0.25) is 9.59 Å². The predicted octanol–water partition coefficient (Wildman–Crippen LogP) is 3.59. The van der Waals surface area contributed by atoms with E-state index < -0.39 is 11.7 Å². The summed E-state index contributed by atoms with van der Waals surface area (Å²) in [6.07, 6.45) is -3.78. The number of hydrazone groups is 1. The first-order chi connectivity index (χ1) is 14.8. The number of halogens is 3. The maximum Gasteiger partial charge on any atom is 0.416 e. The smallest absolute Gasteiger partial charge is 0.345 e. The van der Waals surface area contributed by atoms with Crippen LogP contribution in [0.4, 0.5) is 13.2 Å². The molecule has 2 amide bonds. The van der Waals surface area contributed by atoms with E-state index in [0.717, 1.165) is 23.4 Å². The normalized spacial score (nSPS) is 13.3. The van der Waals surface area contributed by atoms with E-state index in [2.05, 4.69) is 22.3 Å². The van der Waals surface area contributed by atoms with E-state index in [-0.39, 0.29) is 36.8 Å². The van der Waals surface area contributed by atoms with E-state index >= 15 is 0 Å². The van der Waals surface area contributed by atoms with Crippen molar-refractivity contribution >= 4 is 17.5 Å². The van der Waals surface area contributed by atoms with Crippen LogP contribution >= 0.6 is 0 Å².